The molecule has 14 heteroatoms. The lowest BCUT2D eigenvalue weighted by molar-refractivity contribution is -0.145. The van der Waals surface area contributed by atoms with Crippen LogP contribution in [-0.4, -0.2) is 99.3 Å². The number of allylic oxidation sites excluding steroid dienone is 1. The van der Waals surface area contributed by atoms with Crippen molar-refractivity contribution in [1.29, 1.82) is 0 Å². The van der Waals surface area contributed by atoms with Crippen LogP contribution >= 0.6 is 0 Å². The molecule has 4 amide bonds. The molecule has 5 aliphatic rings. The number of ether oxygens (including phenoxy) is 1. The van der Waals surface area contributed by atoms with E-state index in [0.717, 1.165) is 44.9 Å². The largest absolute Gasteiger partial charge is 0.479 e. The first kappa shape index (κ1) is 36.1. The molecule has 3 heterocycles. The molecule has 6 N–H and O–H groups in total. The van der Waals surface area contributed by atoms with Crippen molar-refractivity contribution >= 4 is 29.8 Å². The summed E-state index contributed by atoms with van der Waals surface area (Å²) in [5.41, 5.74) is 4.71. The van der Waals surface area contributed by atoms with Crippen molar-refractivity contribution in [1.82, 2.24) is 36.8 Å². The Kier molecular flexibility index (Phi) is 11.4. The van der Waals surface area contributed by atoms with E-state index in [2.05, 4.69) is 26.8 Å². The number of nitrogens with one attached hydrogen (secondary N) is 5. The van der Waals surface area contributed by atoms with Crippen molar-refractivity contribution in [3.05, 3.63) is 12.2 Å². The van der Waals surface area contributed by atoms with Gasteiger partial charge in [-0.1, -0.05) is 44.3 Å². The minimum absolute atomic E-state index is 0.109. The van der Waals surface area contributed by atoms with Crippen LogP contribution in [0.5, 0.6) is 0 Å². The van der Waals surface area contributed by atoms with E-state index in [1.54, 1.807) is 25.9 Å². The summed E-state index contributed by atoms with van der Waals surface area (Å²) < 4.78 is 5.49. The fourth-order valence-electron chi connectivity index (χ4n) is 7.80. The number of carboxylic acid groups (broad SMARTS) is 1. The molecule has 2 unspecified atom stereocenters. The minimum Gasteiger partial charge on any atom is -0.479 e. The van der Waals surface area contributed by atoms with Gasteiger partial charge in [0.2, 0.25) is 17.7 Å². The van der Waals surface area contributed by atoms with Gasteiger partial charge in [0.1, 0.15) is 29.3 Å². The summed E-state index contributed by atoms with van der Waals surface area (Å²) in [5, 5.41) is 20.5. The molecule has 0 bridgehead atoms. The zero-order valence-electron chi connectivity index (χ0n) is 28.9. The molecule has 5 rings (SSSR count). The van der Waals surface area contributed by atoms with E-state index < -0.39 is 59.2 Å². The van der Waals surface area contributed by atoms with Crippen LogP contribution < -0.4 is 26.8 Å². The van der Waals surface area contributed by atoms with Crippen molar-refractivity contribution in [2.24, 2.45) is 11.8 Å². The zero-order valence-corrected chi connectivity index (χ0v) is 28.9. The fraction of sp³-hybridized carbons (Fsp3) is 0.794. The molecule has 0 spiro atoms. The van der Waals surface area contributed by atoms with Gasteiger partial charge in [-0.25, -0.2) is 20.4 Å². The third kappa shape index (κ3) is 8.31. The number of hydrazine groups is 2. The maximum Gasteiger partial charge on any atom is 0.408 e. The van der Waals surface area contributed by atoms with Gasteiger partial charge < -0.3 is 30.7 Å². The molecule has 0 radical (unpaired) electrons. The van der Waals surface area contributed by atoms with E-state index >= 15 is 0 Å². The lowest BCUT2D eigenvalue weighted by Crippen LogP contribution is -2.56. The molecule has 2 aliphatic carbocycles. The van der Waals surface area contributed by atoms with E-state index in [4.69, 9.17) is 4.74 Å². The normalized spacial score (nSPS) is 34.5. The van der Waals surface area contributed by atoms with Gasteiger partial charge in [0.05, 0.1) is 12.1 Å². The first-order valence-corrected chi connectivity index (χ1v) is 17.9. The van der Waals surface area contributed by atoms with Crippen molar-refractivity contribution in [3.8, 4) is 0 Å². The SMILES string of the molecule is CCNC(=O)C1NN([C@H]2C[C@H]3C(=O)N[C@@]4(C(=O)O)C[C@H]4/C=C\CCCCC[C@@H](NC(=O)OC(C)(C)C)C(=O)N3C2)NC1C1CCCCC1. The first-order valence-electron chi connectivity index (χ1n) is 17.9. The molecule has 0 aromatic carbocycles. The molecule has 2 saturated heterocycles. The number of nitrogens with zero attached hydrogens (tertiary/aromatic N) is 2. The Bertz CT molecular complexity index is 1250. The van der Waals surface area contributed by atoms with E-state index in [0.29, 0.717) is 25.3 Å². The van der Waals surface area contributed by atoms with Crippen LogP contribution in [0, 0.1) is 11.8 Å². The number of amides is 4. The second kappa shape index (κ2) is 15.1. The molecule has 7 atom stereocenters. The van der Waals surface area contributed by atoms with Gasteiger partial charge in [-0.3, -0.25) is 14.4 Å². The van der Waals surface area contributed by atoms with Gasteiger partial charge >= 0.3 is 12.1 Å². The summed E-state index contributed by atoms with van der Waals surface area (Å²) in [4.78, 5) is 68.5. The van der Waals surface area contributed by atoms with Crippen LogP contribution in [0.1, 0.15) is 105 Å². The highest BCUT2D eigenvalue weighted by Crippen LogP contribution is 2.45. The predicted molar refractivity (Wildman–Crippen MR) is 177 cm³/mol. The average Bonchev–Trinajstić information content (AvgIpc) is 3.35. The van der Waals surface area contributed by atoms with Crippen molar-refractivity contribution in [3.63, 3.8) is 0 Å². The Morgan fingerprint density at radius 2 is 1.75 bits per heavy atom. The van der Waals surface area contributed by atoms with Crippen molar-refractivity contribution in [2.45, 2.75) is 146 Å². The van der Waals surface area contributed by atoms with E-state index in [9.17, 15) is 29.1 Å². The highest BCUT2D eigenvalue weighted by Gasteiger charge is 2.61. The second-order valence-electron chi connectivity index (χ2n) is 15.2. The van der Waals surface area contributed by atoms with Crippen LogP contribution in [0.3, 0.4) is 0 Å². The second-order valence-corrected chi connectivity index (χ2v) is 15.2. The van der Waals surface area contributed by atoms with Crippen LogP contribution in [0.25, 0.3) is 0 Å². The number of carboxylic acids is 1. The van der Waals surface area contributed by atoms with Crippen LogP contribution in [0.4, 0.5) is 4.79 Å². The number of rotatable bonds is 6. The van der Waals surface area contributed by atoms with E-state index in [1.165, 1.54) is 11.3 Å². The minimum atomic E-state index is -1.42. The van der Waals surface area contributed by atoms with E-state index in [1.807, 2.05) is 19.1 Å². The molecular formula is C34H55N7O7. The third-order valence-corrected chi connectivity index (χ3v) is 10.4. The number of hydrogen-bond donors (Lipinski definition) is 6. The summed E-state index contributed by atoms with van der Waals surface area (Å²) in [7, 11) is 0. The Labute approximate surface area is 283 Å². The van der Waals surface area contributed by atoms with Crippen LogP contribution in [0.2, 0.25) is 0 Å². The summed E-state index contributed by atoms with van der Waals surface area (Å²) >= 11 is 0. The number of aliphatic carboxylic acids is 1. The van der Waals surface area contributed by atoms with Crippen molar-refractivity contribution < 1.29 is 33.8 Å². The predicted octanol–water partition coefficient (Wildman–Crippen LogP) is 2.11. The maximum absolute atomic E-state index is 14.4. The first-order chi connectivity index (χ1) is 22.8. The molecule has 4 fully saturated rings. The number of fused-ring (bicyclic) bond motifs is 2. The van der Waals surface area contributed by atoms with Gasteiger partial charge in [-0.15, -0.1) is 0 Å². The molecule has 2 saturated carbocycles. The fourth-order valence-corrected chi connectivity index (χ4v) is 7.80. The number of hydrogen-bond acceptors (Lipinski definition) is 9. The van der Waals surface area contributed by atoms with Crippen LogP contribution in [-0.2, 0) is 23.9 Å². The molecule has 48 heavy (non-hydrogen) atoms. The van der Waals surface area contributed by atoms with Gasteiger partial charge in [0.15, 0.2) is 0 Å². The molecule has 3 aliphatic heterocycles. The summed E-state index contributed by atoms with van der Waals surface area (Å²) in [6.07, 6.45) is 12.5. The Morgan fingerprint density at radius 3 is 2.44 bits per heavy atom. The van der Waals surface area contributed by atoms with Gasteiger partial charge in [-0.2, -0.15) is 5.12 Å². The lowest BCUT2D eigenvalue weighted by atomic mass is 9.81. The number of likely N-dealkylation sites (N-methyl/N-ethyl adjacent to an activating group) is 1. The standard InChI is InChI=1S/C34H55N7O7/c1-5-35-29(43)27-26(21-14-10-9-11-15-21)38-41(39-27)23-18-25-28(42)37-34(31(45)46)19-22(34)16-12-7-6-8-13-17-24(30(44)40(25)20-23)36-32(47)48-33(2,3)4/h12,16,21-27,38-39H,5-11,13-15,17-20H2,1-4H3,(H,35,43)(H,36,47)(H,37,42)(H,45,46)/b16-12-/t22-,23+,24-,25+,26?,27?,34+/m1/s1. The van der Waals surface area contributed by atoms with Gasteiger partial charge in [0, 0.05) is 19.0 Å². The Balaban J connectivity index is 1.42. The molecule has 14 nitrogen and oxygen atoms in total. The molecule has 0 aromatic rings. The Hall–Kier alpha value is -3.23. The molecular weight excluding hydrogens is 618 g/mol. The molecule has 0 aromatic heterocycles. The lowest BCUT2D eigenvalue weighted by Gasteiger charge is -2.31. The topological polar surface area (TPSA) is 181 Å². The Morgan fingerprint density at radius 1 is 1.04 bits per heavy atom. The number of carbonyl (C=O) groups excluding carboxylic acids is 4. The van der Waals surface area contributed by atoms with Gasteiger partial charge in [-0.05, 0) is 78.6 Å². The third-order valence-electron chi connectivity index (χ3n) is 10.4. The number of alkyl carbamates (subject to hydrolysis) is 1. The van der Waals surface area contributed by atoms with Crippen molar-refractivity contribution in [2.75, 3.05) is 13.1 Å². The van der Waals surface area contributed by atoms with Gasteiger partial charge in [0.25, 0.3) is 0 Å². The monoisotopic (exact) mass is 673 g/mol. The summed E-state index contributed by atoms with van der Waals surface area (Å²) in [5.74, 6) is -2.21. The summed E-state index contributed by atoms with van der Waals surface area (Å²) in [6.45, 7) is 7.75. The smallest absolute Gasteiger partial charge is 0.408 e. The molecule has 268 valence electrons. The number of carbonyl (C=O) groups is 5. The zero-order chi connectivity index (χ0) is 34.6. The summed E-state index contributed by atoms with van der Waals surface area (Å²) in [6, 6.07) is -3.01. The van der Waals surface area contributed by atoms with E-state index in [-0.39, 0.29) is 37.3 Å². The highest BCUT2D eigenvalue weighted by atomic mass is 16.6. The maximum atomic E-state index is 14.4. The highest BCUT2D eigenvalue weighted by molar-refractivity contribution is 5.96. The van der Waals surface area contributed by atoms with Crippen LogP contribution in [0.15, 0.2) is 12.2 Å². The average molecular weight is 674 g/mol. The quantitative estimate of drug-likeness (QED) is 0.229.